The third kappa shape index (κ3) is 4.04. The molecule has 1 rings (SSSR count). The van der Waals surface area contributed by atoms with E-state index in [9.17, 15) is 19.2 Å². The summed E-state index contributed by atoms with van der Waals surface area (Å²) < 4.78 is 0. The van der Waals surface area contributed by atoms with Crippen LogP contribution in [0.5, 0.6) is 0 Å². The summed E-state index contributed by atoms with van der Waals surface area (Å²) in [5, 5.41) is 9.01. The van der Waals surface area contributed by atoms with Gasteiger partial charge in [-0.1, -0.05) is 6.92 Å². The molecule has 1 aromatic heterocycles. The Balaban J connectivity index is 2.80. The van der Waals surface area contributed by atoms with Crippen molar-refractivity contribution in [3.8, 4) is 0 Å². The van der Waals surface area contributed by atoms with E-state index in [4.69, 9.17) is 5.11 Å². The average molecular weight is 297 g/mol. The standard InChI is InChI=1S/C13H19N3O5/c1-4-9(12(19)20)16(3)10(17)6-5-8-7(2)14-13(21)15-11(8)18/h9H,4-6H2,1-3H3,(H,19,20)(H2,14,15,18,21). The molecule has 8 heteroatoms. The van der Waals surface area contributed by atoms with Crippen LogP contribution in [0.25, 0.3) is 0 Å². The van der Waals surface area contributed by atoms with Gasteiger partial charge in [-0.2, -0.15) is 0 Å². The molecule has 21 heavy (non-hydrogen) atoms. The summed E-state index contributed by atoms with van der Waals surface area (Å²) in [7, 11) is 1.43. The summed E-state index contributed by atoms with van der Waals surface area (Å²) in [6.45, 7) is 3.26. The van der Waals surface area contributed by atoms with Crippen LogP contribution in [0.2, 0.25) is 0 Å². The van der Waals surface area contributed by atoms with Crippen molar-refractivity contribution in [2.24, 2.45) is 0 Å². The zero-order valence-corrected chi connectivity index (χ0v) is 12.2. The van der Waals surface area contributed by atoms with Gasteiger partial charge in [0.25, 0.3) is 5.56 Å². The number of H-pyrrole nitrogens is 2. The topological polar surface area (TPSA) is 123 Å². The van der Waals surface area contributed by atoms with Crippen molar-refractivity contribution in [3.63, 3.8) is 0 Å². The number of carboxylic acids is 1. The van der Waals surface area contributed by atoms with Gasteiger partial charge in [0.15, 0.2) is 0 Å². The van der Waals surface area contributed by atoms with E-state index in [-0.39, 0.29) is 18.7 Å². The van der Waals surface area contributed by atoms with Crippen LogP contribution in [-0.4, -0.2) is 44.9 Å². The zero-order valence-electron chi connectivity index (χ0n) is 12.2. The highest BCUT2D eigenvalue weighted by Gasteiger charge is 2.24. The molecule has 0 aliphatic heterocycles. The second kappa shape index (κ2) is 6.87. The lowest BCUT2D eigenvalue weighted by atomic mass is 10.1. The number of hydrogen-bond donors (Lipinski definition) is 3. The number of carbonyl (C=O) groups is 2. The molecule has 0 saturated heterocycles. The van der Waals surface area contributed by atoms with Crippen LogP contribution < -0.4 is 11.2 Å². The first kappa shape index (κ1) is 16.7. The molecule has 1 unspecified atom stereocenters. The third-order valence-electron chi connectivity index (χ3n) is 3.38. The minimum Gasteiger partial charge on any atom is -0.480 e. The largest absolute Gasteiger partial charge is 0.480 e. The van der Waals surface area contributed by atoms with E-state index in [1.165, 1.54) is 7.05 Å². The van der Waals surface area contributed by atoms with Gasteiger partial charge >= 0.3 is 11.7 Å². The monoisotopic (exact) mass is 297 g/mol. The predicted octanol–water partition coefficient (Wildman–Crippen LogP) is -0.374. The van der Waals surface area contributed by atoms with Gasteiger partial charge in [0.1, 0.15) is 6.04 Å². The molecule has 0 aromatic carbocycles. The lowest BCUT2D eigenvalue weighted by Crippen LogP contribution is -2.42. The van der Waals surface area contributed by atoms with Crippen molar-refractivity contribution in [2.45, 2.75) is 39.2 Å². The Morgan fingerprint density at radius 1 is 1.29 bits per heavy atom. The molecule has 0 aliphatic carbocycles. The number of nitrogens with zero attached hydrogens (tertiary/aromatic N) is 1. The number of aromatic amines is 2. The van der Waals surface area contributed by atoms with Crippen LogP contribution in [0.3, 0.4) is 0 Å². The number of nitrogens with one attached hydrogen (secondary N) is 2. The van der Waals surface area contributed by atoms with Crippen LogP contribution in [0.15, 0.2) is 9.59 Å². The lowest BCUT2D eigenvalue weighted by Gasteiger charge is -2.23. The summed E-state index contributed by atoms with van der Waals surface area (Å²) in [4.78, 5) is 51.4. The number of aliphatic carboxylic acids is 1. The number of amides is 1. The van der Waals surface area contributed by atoms with Crippen LogP contribution in [-0.2, 0) is 16.0 Å². The highest BCUT2D eigenvalue weighted by atomic mass is 16.4. The van der Waals surface area contributed by atoms with Crippen molar-refractivity contribution in [1.29, 1.82) is 0 Å². The maximum Gasteiger partial charge on any atom is 0.326 e. The molecule has 1 heterocycles. The number of hydrogen-bond acceptors (Lipinski definition) is 4. The average Bonchev–Trinajstić information content (AvgIpc) is 2.37. The van der Waals surface area contributed by atoms with E-state index < -0.39 is 23.3 Å². The maximum absolute atomic E-state index is 12.0. The maximum atomic E-state index is 12.0. The van der Waals surface area contributed by atoms with Crippen molar-refractivity contribution in [2.75, 3.05) is 7.05 Å². The first-order chi connectivity index (χ1) is 9.77. The number of aryl methyl sites for hydroxylation is 1. The van der Waals surface area contributed by atoms with Gasteiger partial charge in [-0.3, -0.25) is 14.6 Å². The smallest absolute Gasteiger partial charge is 0.326 e. The van der Waals surface area contributed by atoms with Gasteiger partial charge < -0.3 is 15.0 Å². The van der Waals surface area contributed by atoms with Crippen LogP contribution >= 0.6 is 0 Å². The SMILES string of the molecule is CCC(C(=O)O)N(C)C(=O)CCc1c(C)[nH]c(=O)[nH]c1=O. The van der Waals surface area contributed by atoms with Gasteiger partial charge in [0, 0.05) is 24.7 Å². The van der Waals surface area contributed by atoms with Gasteiger partial charge in [0.05, 0.1) is 0 Å². The highest BCUT2D eigenvalue weighted by Crippen LogP contribution is 2.07. The molecule has 1 amide bonds. The molecule has 3 N–H and O–H groups in total. The Bertz CT molecular complexity index is 646. The molecule has 1 atom stereocenters. The molecule has 1 aromatic rings. The lowest BCUT2D eigenvalue weighted by molar-refractivity contribution is -0.149. The first-order valence-corrected chi connectivity index (χ1v) is 6.58. The normalized spacial score (nSPS) is 12.0. The number of carbonyl (C=O) groups excluding carboxylic acids is 1. The number of carboxylic acid groups (broad SMARTS) is 1. The fraction of sp³-hybridized carbons (Fsp3) is 0.538. The zero-order chi connectivity index (χ0) is 16.2. The van der Waals surface area contributed by atoms with E-state index in [0.29, 0.717) is 17.7 Å². The summed E-state index contributed by atoms with van der Waals surface area (Å²) in [5.41, 5.74) is -0.400. The second-order valence-electron chi connectivity index (χ2n) is 4.78. The second-order valence-corrected chi connectivity index (χ2v) is 4.78. The minimum atomic E-state index is -1.06. The quantitative estimate of drug-likeness (QED) is 0.660. The number of likely N-dealkylation sites (N-methyl/N-ethyl adjacent to an activating group) is 1. The van der Waals surface area contributed by atoms with Crippen molar-refractivity contribution >= 4 is 11.9 Å². The molecule has 0 spiro atoms. The molecule has 0 radical (unpaired) electrons. The molecule has 0 aliphatic rings. The molecule has 8 nitrogen and oxygen atoms in total. The predicted molar refractivity (Wildman–Crippen MR) is 75.2 cm³/mol. The van der Waals surface area contributed by atoms with E-state index in [0.717, 1.165) is 4.90 Å². The summed E-state index contributed by atoms with van der Waals surface area (Å²) in [5.74, 6) is -1.43. The fourth-order valence-electron chi connectivity index (χ4n) is 2.12. The van der Waals surface area contributed by atoms with Crippen molar-refractivity contribution < 1.29 is 14.7 Å². The Morgan fingerprint density at radius 2 is 1.90 bits per heavy atom. The Labute approximate surface area is 120 Å². The van der Waals surface area contributed by atoms with Crippen molar-refractivity contribution in [1.82, 2.24) is 14.9 Å². The highest BCUT2D eigenvalue weighted by molar-refractivity contribution is 5.83. The number of rotatable bonds is 6. The molecule has 0 fully saturated rings. The Hall–Kier alpha value is -2.38. The fourth-order valence-corrected chi connectivity index (χ4v) is 2.12. The van der Waals surface area contributed by atoms with Crippen LogP contribution in [0.1, 0.15) is 31.0 Å². The van der Waals surface area contributed by atoms with Gasteiger partial charge in [-0.15, -0.1) is 0 Å². The van der Waals surface area contributed by atoms with E-state index >= 15 is 0 Å². The minimum absolute atomic E-state index is 0.00373. The molecular formula is C13H19N3O5. The van der Waals surface area contributed by atoms with Crippen LogP contribution in [0.4, 0.5) is 0 Å². The summed E-state index contributed by atoms with van der Waals surface area (Å²) in [6.07, 6.45) is 0.434. The molecule has 0 saturated carbocycles. The van der Waals surface area contributed by atoms with Gasteiger partial charge in [-0.25, -0.2) is 9.59 Å². The Morgan fingerprint density at radius 3 is 2.38 bits per heavy atom. The van der Waals surface area contributed by atoms with E-state index in [2.05, 4.69) is 9.97 Å². The van der Waals surface area contributed by atoms with E-state index in [1.54, 1.807) is 13.8 Å². The first-order valence-electron chi connectivity index (χ1n) is 6.58. The molecule has 0 bridgehead atoms. The Kier molecular flexibility index (Phi) is 5.45. The summed E-state index contributed by atoms with van der Waals surface area (Å²) in [6, 6.07) is -0.882. The van der Waals surface area contributed by atoms with E-state index in [1.807, 2.05) is 0 Å². The third-order valence-corrected chi connectivity index (χ3v) is 3.38. The summed E-state index contributed by atoms with van der Waals surface area (Å²) >= 11 is 0. The van der Waals surface area contributed by atoms with Gasteiger partial charge in [-0.05, 0) is 19.8 Å². The van der Waals surface area contributed by atoms with Gasteiger partial charge in [0.2, 0.25) is 5.91 Å². The molecular weight excluding hydrogens is 278 g/mol. The van der Waals surface area contributed by atoms with Crippen LogP contribution in [0, 0.1) is 6.92 Å². The number of aromatic nitrogens is 2. The molecule has 116 valence electrons. The van der Waals surface area contributed by atoms with Crippen molar-refractivity contribution in [3.05, 3.63) is 32.1 Å².